The summed E-state index contributed by atoms with van der Waals surface area (Å²) in [5, 5.41) is 5.33. The molecule has 0 saturated carbocycles. The average molecular weight is 392 g/mol. The fourth-order valence-electron chi connectivity index (χ4n) is 2.66. The van der Waals surface area contributed by atoms with Crippen molar-refractivity contribution in [2.24, 2.45) is 0 Å². The highest BCUT2D eigenvalue weighted by Crippen LogP contribution is 2.15. The molecule has 1 heterocycles. The lowest BCUT2D eigenvalue weighted by Crippen LogP contribution is -2.26. The van der Waals surface area contributed by atoms with Crippen LogP contribution in [0.4, 0.5) is 5.69 Å². The molecule has 0 spiro atoms. The number of anilines is 1. The zero-order valence-corrected chi connectivity index (χ0v) is 15.8. The van der Waals surface area contributed by atoms with Crippen molar-refractivity contribution in [3.05, 3.63) is 89.4 Å². The fraction of sp³-hybridized carbons (Fsp3) is 0.136. The molecule has 3 rings (SSSR count). The monoisotopic (exact) mass is 392 g/mol. The second kappa shape index (κ2) is 9.36. The summed E-state index contributed by atoms with van der Waals surface area (Å²) in [5.41, 5.74) is 1.77. The van der Waals surface area contributed by atoms with Crippen molar-refractivity contribution in [2.75, 3.05) is 11.9 Å². The number of hydrogen-bond acceptors (Lipinski definition) is 5. The molecule has 7 heteroatoms. The van der Waals surface area contributed by atoms with Crippen molar-refractivity contribution < 1.29 is 23.5 Å². The summed E-state index contributed by atoms with van der Waals surface area (Å²) in [4.78, 5) is 36.8. The molecule has 29 heavy (non-hydrogen) atoms. The van der Waals surface area contributed by atoms with Crippen molar-refractivity contribution in [3.63, 3.8) is 0 Å². The first-order chi connectivity index (χ1) is 14.0. The van der Waals surface area contributed by atoms with Crippen LogP contribution in [-0.2, 0) is 16.1 Å². The van der Waals surface area contributed by atoms with Gasteiger partial charge in [0.2, 0.25) is 0 Å². The highest BCUT2D eigenvalue weighted by Gasteiger charge is 2.15. The number of aryl methyl sites for hydroxylation is 1. The molecule has 2 N–H and O–H groups in total. The third-order valence-electron chi connectivity index (χ3n) is 4.15. The van der Waals surface area contributed by atoms with Crippen molar-refractivity contribution in [1.82, 2.24) is 5.32 Å². The first kappa shape index (κ1) is 19.9. The lowest BCUT2D eigenvalue weighted by atomic mass is 10.1. The molecule has 148 valence electrons. The molecule has 1 aromatic heterocycles. The summed E-state index contributed by atoms with van der Waals surface area (Å²) in [5.74, 6) is -0.877. The van der Waals surface area contributed by atoms with Crippen LogP contribution in [0.2, 0.25) is 0 Å². The number of ether oxygens (including phenoxy) is 1. The van der Waals surface area contributed by atoms with Crippen molar-refractivity contribution >= 4 is 23.5 Å². The Balaban J connectivity index is 1.58. The molecule has 0 saturated heterocycles. The third-order valence-corrected chi connectivity index (χ3v) is 4.15. The van der Waals surface area contributed by atoms with Crippen LogP contribution in [0, 0.1) is 6.92 Å². The Kier molecular flexibility index (Phi) is 6.42. The number of amides is 2. The van der Waals surface area contributed by atoms with Gasteiger partial charge in [-0.1, -0.05) is 30.3 Å². The summed E-state index contributed by atoms with van der Waals surface area (Å²) in [7, 11) is 0. The fourth-order valence-corrected chi connectivity index (χ4v) is 2.66. The standard InChI is InChI=1S/C22H20N2O5/c1-15-7-2-3-9-17(15)22(27)29-14-20(25)24-19-11-5-4-10-18(19)21(26)23-13-16-8-6-12-28-16/h2-12H,13-14H2,1H3,(H,23,26)(H,24,25). The Morgan fingerprint density at radius 1 is 0.931 bits per heavy atom. The van der Waals surface area contributed by atoms with Gasteiger partial charge in [-0.2, -0.15) is 0 Å². The molecule has 2 aromatic carbocycles. The second-order valence-electron chi connectivity index (χ2n) is 6.25. The number of hydrogen-bond donors (Lipinski definition) is 2. The Hall–Kier alpha value is -3.87. The van der Waals surface area contributed by atoms with Gasteiger partial charge in [-0.05, 0) is 42.8 Å². The minimum Gasteiger partial charge on any atom is -0.467 e. The summed E-state index contributed by atoms with van der Waals surface area (Å²) in [6.07, 6.45) is 1.52. The zero-order chi connectivity index (χ0) is 20.6. The lowest BCUT2D eigenvalue weighted by molar-refractivity contribution is -0.119. The van der Waals surface area contributed by atoms with Crippen LogP contribution >= 0.6 is 0 Å². The van der Waals surface area contributed by atoms with Crippen LogP contribution in [0.5, 0.6) is 0 Å². The summed E-state index contributed by atoms with van der Waals surface area (Å²) >= 11 is 0. The van der Waals surface area contributed by atoms with Gasteiger partial charge in [0.15, 0.2) is 6.61 Å². The lowest BCUT2D eigenvalue weighted by Gasteiger charge is -2.11. The van der Waals surface area contributed by atoms with E-state index >= 15 is 0 Å². The Bertz CT molecular complexity index is 1010. The zero-order valence-electron chi connectivity index (χ0n) is 15.8. The average Bonchev–Trinajstić information content (AvgIpc) is 3.25. The van der Waals surface area contributed by atoms with E-state index in [-0.39, 0.29) is 18.0 Å². The van der Waals surface area contributed by atoms with Crippen LogP contribution in [0.25, 0.3) is 0 Å². The van der Waals surface area contributed by atoms with Gasteiger partial charge in [-0.15, -0.1) is 0 Å². The van der Waals surface area contributed by atoms with E-state index in [1.807, 2.05) is 6.07 Å². The molecule has 0 unspecified atom stereocenters. The number of esters is 1. The van der Waals surface area contributed by atoms with Gasteiger partial charge in [0, 0.05) is 0 Å². The minimum absolute atomic E-state index is 0.224. The molecule has 0 atom stereocenters. The van der Waals surface area contributed by atoms with Gasteiger partial charge in [0.25, 0.3) is 11.8 Å². The predicted octanol–water partition coefficient (Wildman–Crippen LogP) is 3.31. The molecule has 7 nitrogen and oxygen atoms in total. The van der Waals surface area contributed by atoms with E-state index in [0.717, 1.165) is 5.56 Å². The maximum atomic E-state index is 12.4. The number of furan rings is 1. The van der Waals surface area contributed by atoms with E-state index in [9.17, 15) is 14.4 Å². The van der Waals surface area contributed by atoms with Crippen LogP contribution in [0.3, 0.4) is 0 Å². The summed E-state index contributed by atoms with van der Waals surface area (Å²) < 4.78 is 10.3. The van der Waals surface area contributed by atoms with E-state index in [0.29, 0.717) is 17.0 Å². The first-order valence-electron chi connectivity index (χ1n) is 8.97. The number of carbonyl (C=O) groups is 3. The minimum atomic E-state index is -0.581. The van der Waals surface area contributed by atoms with E-state index in [1.54, 1.807) is 61.5 Å². The van der Waals surface area contributed by atoms with E-state index < -0.39 is 18.5 Å². The molecule has 0 aliphatic rings. The van der Waals surface area contributed by atoms with Gasteiger partial charge in [0.1, 0.15) is 5.76 Å². The molecular weight excluding hydrogens is 372 g/mol. The van der Waals surface area contributed by atoms with Gasteiger partial charge in [-0.25, -0.2) is 4.79 Å². The first-order valence-corrected chi connectivity index (χ1v) is 8.97. The van der Waals surface area contributed by atoms with Gasteiger partial charge in [0.05, 0.1) is 29.6 Å². The maximum absolute atomic E-state index is 12.4. The van der Waals surface area contributed by atoms with E-state index in [1.165, 1.54) is 6.26 Å². The predicted molar refractivity (Wildman–Crippen MR) is 106 cm³/mol. The Labute approximate surface area is 167 Å². The SMILES string of the molecule is Cc1ccccc1C(=O)OCC(=O)Nc1ccccc1C(=O)NCc1ccco1. The molecular formula is C22H20N2O5. The molecule has 0 fully saturated rings. The molecule has 0 aliphatic heterocycles. The van der Waals surface area contributed by atoms with Crippen molar-refractivity contribution in [3.8, 4) is 0 Å². The highest BCUT2D eigenvalue weighted by molar-refractivity contribution is 6.04. The Morgan fingerprint density at radius 3 is 2.38 bits per heavy atom. The Morgan fingerprint density at radius 2 is 1.66 bits per heavy atom. The van der Waals surface area contributed by atoms with Crippen LogP contribution in [-0.4, -0.2) is 24.4 Å². The smallest absolute Gasteiger partial charge is 0.338 e. The highest BCUT2D eigenvalue weighted by atomic mass is 16.5. The van der Waals surface area contributed by atoms with Gasteiger partial charge >= 0.3 is 5.97 Å². The number of benzene rings is 2. The molecule has 0 radical (unpaired) electrons. The normalized spacial score (nSPS) is 10.2. The number of carbonyl (C=O) groups excluding carboxylic acids is 3. The van der Waals surface area contributed by atoms with Gasteiger partial charge < -0.3 is 19.8 Å². The van der Waals surface area contributed by atoms with Crippen molar-refractivity contribution in [2.45, 2.75) is 13.5 Å². The number of nitrogens with one attached hydrogen (secondary N) is 2. The molecule has 0 aliphatic carbocycles. The number of para-hydroxylation sites is 1. The van der Waals surface area contributed by atoms with Crippen molar-refractivity contribution in [1.29, 1.82) is 0 Å². The largest absolute Gasteiger partial charge is 0.467 e. The quantitative estimate of drug-likeness (QED) is 0.601. The molecule has 3 aromatic rings. The summed E-state index contributed by atoms with van der Waals surface area (Å²) in [6, 6.07) is 17.0. The third kappa shape index (κ3) is 5.32. The van der Waals surface area contributed by atoms with Gasteiger partial charge in [-0.3, -0.25) is 9.59 Å². The maximum Gasteiger partial charge on any atom is 0.338 e. The second-order valence-corrected chi connectivity index (χ2v) is 6.25. The van der Waals surface area contributed by atoms with Crippen LogP contribution in [0.1, 0.15) is 32.0 Å². The van der Waals surface area contributed by atoms with Crippen LogP contribution in [0.15, 0.2) is 71.3 Å². The number of rotatable bonds is 7. The molecule has 2 amide bonds. The van der Waals surface area contributed by atoms with E-state index in [2.05, 4.69) is 10.6 Å². The summed E-state index contributed by atoms with van der Waals surface area (Å²) in [6.45, 7) is 1.55. The molecule has 0 bridgehead atoms. The topological polar surface area (TPSA) is 97.6 Å². The van der Waals surface area contributed by atoms with Crippen LogP contribution < -0.4 is 10.6 Å². The van der Waals surface area contributed by atoms with E-state index in [4.69, 9.17) is 9.15 Å².